The van der Waals surface area contributed by atoms with Crippen LogP contribution in [0.25, 0.3) is 0 Å². The smallest absolute Gasteiger partial charge is 0.282 e. The number of alkyl halides is 3. The molecular weight excluding hydrogens is 285 g/mol. The molecule has 0 atom stereocenters. The van der Waals surface area contributed by atoms with Crippen LogP contribution in [-0.4, -0.2) is 22.3 Å². The van der Waals surface area contributed by atoms with Gasteiger partial charge in [0, 0.05) is 5.69 Å². The van der Waals surface area contributed by atoms with Crippen molar-refractivity contribution in [3.8, 4) is 0 Å². The van der Waals surface area contributed by atoms with Gasteiger partial charge < -0.3 is 0 Å². The molecule has 0 unspecified atom stereocenters. The lowest BCUT2D eigenvalue weighted by Crippen LogP contribution is -2.18. The number of hydrogen-bond acceptors (Lipinski definition) is 3. The van der Waals surface area contributed by atoms with Gasteiger partial charge in [0.05, 0.1) is 11.8 Å². The number of hydrogen-bond donors (Lipinski definition) is 2. The number of nitrogens with one attached hydrogen (secondary N) is 2. The van der Waals surface area contributed by atoms with Crippen LogP contribution in [0.15, 0.2) is 35.4 Å². The minimum atomic E-state index is -4.37. The molecule has 0 saturated carbocycles. The zero-order valence-electron chi connectivity index (χ0n) is 10.9. The van der Waals surface area contributed by atoms with Gasteiger partial charge in [-0.15, -0.1) is 0 Å². The lowest BCUT2D eigenvalue weighted by molar-refractivity contribution is -0.137. The molecule has 2 N–H and O–H groups in total. The molecular formula is C13H11F3N4O. The molecule has 5 nitrogen and oxygen atoms in total. The van der Waals surface area contributed by atoms with E-state index in [9.17, 15) is 18.0 Å². The number of nitrogens with zero attached hydrogens (tertiary/aromatic N) is 2. The van der Waals surface area contributed by atoms with E-state index in [4.69, 9.17) is 0 Å². The molecule has 2 rings (SSSR count). The molecule has 0 radical (unpaired) electrons. The fraction of sp³-hybridized carbons (Fsp3) is 0.154. The fourth-order valence-electron chi connectivity index (χ4n) is 1.52. The van der Waals surface area contributed by atoms with Gasteiger partial charge in [-0.05, 0) is 30.7 Å². The van der Waals surface area contributed by atoms with Crippen LogP contribution in [-0.2, 0) is 6.18 Å². The van der Waals surface area contributed by atoms with Gasteiger partial charge in [0.1, 0.15) is 0 Å². The van der Waals surface area contributed by atoms with Gasteiger partial charge in [-0.1, -0.05) is 12.1 Å². The highest BCUT2D eigenvalue weighted by atomic mass is 19.4. The fourth-order valence-corrected chi connectivity index (χ4v) is 1.52. The Labute approximate surface area is 117 Å². The Morgan fingerprint density at radius 3 is 2.52 bits per heavy atom. The number of benzene rings is 1. The average molecular weight is 296 g/mol. The number of aromatic amines is 1. The Hall–Kier alpha value is -2.64. The first-order chi connectivity index (χ1) is 9.86. The van der Waals surface area contributed by atoms with Crippen LogP contribution in [0.1, 0.15) is 27.3 Å². The molecule has 2 aromatic rings. The van der Waals surface area contributed by atoms with Crippen molar-refractivity contribution in [2.45, 2.75) is 13.1 Å². The summed E-state index contributed by atoms with van der Waals surface area (Å²) in [6.07, 6.45) is -3.13. The Bertz CT molecular complexity index is 659. The van der Waals surface area contributed by atoms with E-state index in [-0.39, 0.29) is 5.69 Å². The van der Waals surface area contributed by atoms with Crippen LogP contribution in [0, 0.1) is 6.92 Å². The molecule has 0 spiro atoms. The van der Waals surface area contributed by atoms with Crippen molar-refractivity contribution < 1.29 is 18.0 Å². The average Bonchev–Trinajstić information content (AvgIpc) is 2.85. The first-order valence-corrected chi connectivity index (χ1v) is 5.89. The van der Waals surface area contributed by atoms with Crippen molar-refractivity contribution in [1.29, 1.82) is 0 Å². The topological polar surface area (TPSA) is 70.1 Å². The van der Waals surface area contributed by atoms with Crippen molar-refractivity contribution in [2.75, 3.05) is 0 Å². The van der Waals surface area contributed by atoms with Crippen molar-refractivity contribution in [2.24, 2.45) is 5.10 Å². The summed E-state index contributed by atoms with van der Waals surface area (Å²) in [5, 5.41) is 10.0. The third-order valence-corrected chi connectivity index (χ3v) is 2.56. The quantitative estimate of drug-likeness (QED) is 0.675. The monoisotopic (exact) mass is 296 g/mol. The van der Waals surface area contributed by atoms with E-state index in [1.807, 2.05) is 0 Å². The maximum Gasteiger partial charge on any atom is 0.416 e. The highest BCUT2D eigenvalue weighted by Crippen LogP contribution is 2.28. The van der Waals surface area contributed by atoms with E-state index < -0.39 is 17.6 Å². The number of aromatic nitrogens is 2. The second-order valence-corrected chi connectivity index (χ2v) is 4.26. The van der Waals surface area contributed by atoms with Gasteiger partial charge >= 0.3 is 6.18 Å². The predicted octanol–water partition coefficient (Wildman–Crippen LogP) is 2.50. The second-order valence-electron chi connectivity index (χ2n) is 4.26. The molecule has 0 bridgehead atoms. The second kappa shape index (κ2) is 5.78. The number of H-pyrrole nitrogens is 1. The molecule has 1 heterocycles. The van der Waals surface area contributed by atoms with Crippen LogP contribution in [0.4, 0.5) is 13.2 Å². The molecule has 0 saturated heterocycles. The number of halogens is 3. The van der Waals surface area contributed by atoms with E-state index in [2.05, 4.69) is 20.7 Å². The van der Waals surface area contributed by atoms with E-state index in [0.29, 0.717) is 5.56 Å². The van der Waals surface area contributed by atoms with E-state index in [1.54, 1.807) is 13.0 Å². The summed E-state index contributed by atoms with van der Waals surface area (Å²) in [5.41, 5.74) is 2.83. The van der Waals surface area contributed by atoms with E-state index >= 15 is 0 Å². The van der Waals surface area contributed by atoms with Gasteiger partial charge in [0.25, 0.3) is 5.91 Å². The SMILES string of the molecule is Cc1cc(C(=O)N/N=C/c2ccc(C(F)(F)F)cc2)n[nH]1. The summed E-state index contributed by atoms with van der Waals surface area (Å²) in [4.78, 5) is 11.6. The van der Waals surface area contributed by atoms with Gasteiger partial charge in [0.2, 0.25) is 0 Å². The Kier molecular flexibility index (Phi) is 4.06. The molecule has 110 valence electrons. The lowest BCUT2D eigenvalue weighted by atomic mass is 10.1. The number of hydrazone groups is 1. The van der Waals surface area contributed by atoms with Gasteiger partial charge in [-0.2, -0.15) is 23.4 Å². The first-order valence-electron chi connectivity index (χ1n) is 5.89. The van der Waals surface area contributed by atoms with Crippen molar-refractivity contribution in [3.05, 3.63) is 52.8 Å². The molecule has 0 aliphatic carbocycles. The zero-order chi connectivity index (χ0) is 15.5. The van der Waals surface area contributed by atoms with Crippen molar-refractivity contribution >= 4 is 12.1 Å². The van der Waals surface area contributed by atoms with Crippen LogP contribution in [0.5, 0.6) is 0 Å². The number of rotatable bonds is 3. The summed E-state index contributed by atoms with van der Waals surface area (Å²) in [7, 11) is 0. The minimum Gasteiger partial charge on any atom is -0.282 e. The summed E-state index contributed by atoms with van der Waals surface area (Å²) >= 11 is 0. The summed E-state index contributed by atoms with van der Waals surface area (Å²) in [5.74, 6) is -0.512. The third-order valence-electron chi connectivity index (χ3n) is 2.56. The minimum absolute atomic E-state index is 0.178. The summed E-state index contributed by atoms with van der Waals surface area (Å²) in [6.45, 7) is 1.75. The number of carbonyl (C=O) groups excluding carboxylic acids is 1. The number of carbonyl (C=O) groups is 1. The van der Waals surface area contributed by atoms with E-state index in [1.165, 1.54) is 18.3 Å². The zero-order valence-corrected chi connectivity index (χ0v) is 10.9. The summed E-state index contributed by atoms with van der Waals surface area (Å²) in [6, 6.07) is 5.96. The largest absolute Gasteiger partial charge is 0.416 e. The summed E-state index contributed by atoms with van der Waals surface area (Å²) < 4.78 is 37.1. The van der Waals surface area contributed by atoms with Gasteiger partial charge in [-0.25, -0.2) is 5.43 Å². The maximum atomic E-state index is 12.4. The third kappa shape index (κ3) is 3.91. The number of aryl methyl sites for hydroxylation is 1. The highest BCUT2D eigenvalue weighted by molar-refractivity contribution is 5.93. The molecule has 0 aliphatic heterocycles. The highest BCUT2D eigenvalue weighted by Gasteiger charge is 2.29. The molecule has 0 aliphatic rings. The van der Waals surface area contributed by atoms with E-state index in [0.717, 1.165) is 17.8 Å². The van der Waals surface area contributed by atoms with Crippen LogP contribution >= 0.6 is 0 Å². The Morgan fingerprint density at radius 2 is 2.00 bits per heavy atom. The predicted molar refractivity (Wildman–Crippen MR) is 69.8 cm³/mol. The van der Waals surface area contributed by atoms with Crippen LogP contribution < -0.4 is 5.43 Å². The van der Waals surface area contributed by atoms with Gasteiger partial charge in [-0.3, -0.25) is 9.89 Å². The Morgan fingerprint density at radius 1 is 1.33 bits per heavy atom. The molecule has 1 aromatic heterocycles. The molecule has 1 amide bonds. The first kappa shape index (κ1) is 14.8. The molecule has 0 fully saturated rings. The maximum absolute atomic E-state index is 12.4. The lowest BCUT2D eigenvalue weighted by Gasteiger charge is -2.05. The molecule has 8 heteroatoms. The van der Waals surface area contributed by atoms with Crippen LogP contribution in [0.3, 0.4) is 0 Å². The number of amides is 1. The molecule has 1 aromatic carbocycles. The normalized spacial score (nSPS) is 11.8. The van der Waals surface area contributed by atoms with Gasteiger partial charge in [0.15, 0.2) is 5.69 Å². The van der Waals surface area contributed by atoms with Crippen molar-refractivity contribution in [1.82, 2.24) is 15.6 Å². The molecule has 21 heavy (non-hydrogen) atoms. The Balaban J connectivity index is 1.97. The van der Waals surface area contributed by atoms with Crippen LogP contribution in [0.2, 0.25) is 0 Å². The standard InChI is InChI=1S/C13H11F3N4O/c1-8-6-11(19-18-8)12(21)20-17-7-9-2-4-10(5-3-9)13(14,15)16/h2-7H,1H3,(H,18,19)(H,20,21)/b17-7+. The van der Waals surface area contributed by atoms with Crippen molar-refractivity contribution in [3.63, 3.8) is 0 Å².